The topological polar surface area (TPSA) is 96.7 Å². The summed E-state index contributed by atoms with van der Waals surface area (Å²) in [4.78, 5) is 22.5. The molecule has 1 N–H and O–H groups in total. The summed E-state index contributed by atoms with van der Waals surface area (Å²) in [5.41, 5.74) is 0.365. The van der Waals surface area contributed by atoms with Gasteiger partial charge in [0, 0.05) is 15.9 Å². The Bertz CT molecular complexity index is 842. The van der Waals surface area contributed by atoms with Gasteiger partial charge in [0.05, 0.1) is 0 Å². The maximum absolute atomic E-state index is 12.3. The predicted molar refractivity (Wildman–Crippen MR) is 71.3 cm³/mol. The molecule has 0 unspecified atom stereocenters. The summed E-state index contributed by atoms with van der Waals surface area (Å²) in [6.45, 7) is -0.542. The Balaban J connectivity index is 2.12. The third-order valence-electron chi connectivity index (χ3n) is 2.79. The van der Waals surface area contributed by atoms with Crippen LogP contribution in [0.25, 0.3) is 11.0 Å². The number of amides is 3. The number of hydrogen-bond donors (Lipinski definition) is 1. The lowest BCUT2D eigenvalue weighted by molar-refractivity contribution is -0.118. The van der Waals surface area contributed by atoms with E-state index >= 15 is 0 Å². The lowest BCUT2D eigenvalue weighted by Gasteiger charge is -2.10. The number of benzene rings is 1. The van der Waals surface area contributed by atoms with Gasteiger partial charge in [0.15, 0.2) is 0 Å². The van der Waals surface area contributed by atoms with Crippen molar-refractivity contribution in [3.8, 4) is 0 Å². The van der Waals surface area contributed by atoms with Crippen molar-refractivity contribution >= 4 is 48.9 Å². The van der Waals surface area contributed by atoms with Crippen molar-refractivity contribution in [3.63, 3.8) is 0 Å². The summed E-state index contributed by atoms with van der Waals surface area (Å²) in [5.74, 6) is -0.670. The lowest BCUT2D eigenvalue weighted by atomic mass is 10.3. The standard InChI is InChI=1S/C11H7BrN2O5S/c12-7-2-1-3-8-6(7)4-10(19-8)20(17,18)14-5-9(15)13-11(14)16/h1-4H,5H2,(H,13,15,16). The molecule has 1 saturated heterocycles. The molecule has 0 spiro atoms. The van der Waals surface area contributed by atoms with Crippen LogP contribution in [0.1, 0.15) is 0 Å². The van der Waals surface area contributed by atoms with Crippen molar-refractivity contribution < 1.29 is 22.4 Å². The molecule has 0 radical (unpaired) electrons. The van der Waals surface area contributed by atoms with Crippen LogP contribution in [0.3, 0.4) is 0 Å². The van der Waals surface area contributed by atoms with Crippen LogP contribution < -0.4 is 5.32 Å². The molecule has 0 atom stereocenters. The largest absolute Gasteiger partial charge is 0.443 e. The molecule has 0 aliphatic carbocycles. The summed E-state index contributed by atoms with van der Waals surface area (Å²) in [6.07, 6.45) is 0. The van der Waals surface area contributed by atoms with Crippen molar-refractivity contribution in [1.82, 2.24) is 9.62 Å². The van der Waals surface area contributed by atoms with Crippen molar-refractivity contribution in [2.24, 2.45) is 0 Å². The van der Waals surface area contributed by atoms with Gasteiger partial charge in [-0.1, -0.05) is 22.0 Å². The zero-order valence-corrected chi connectivity index (χ0v) is 12.2. The normalized spacial score (nSPS) is 15.9. The lowest BCUT2D eigenvalue weighted by Crippen LogP contribution is -2.33. The number of furan rings is 1. The molecule has 1 aliphatic heterocycles. The number of halogens is 1. The molecule has 2 heterocycles. The van der Waals surface area contributed by atoms with Crippen molar-refractivity contribution in [3.05, 3.63) is 28.7 Å². The van der Waals surface area contributed by atoms with Crippen LogP contribution in [0.15, 0.2) is 38.2 Å². The molecule has 3 rings (SSSR count). The summed E-state index contributed by atoms with van der Waals surface area (Å²) in [5, 5.41) is 2.09. The van der Waals surface area contributed by atoms with Crippen LogP contribution in [0.5, 0.6) is 0 Å². The Labute approximate surface area is 121 Å². The fourth-order valence-electron chi connectivity index (χ4n) is 1.86. The number of carbonyl (C=O) groups is 2. The summed E-state index contributed by atoms with van der Waals surface area (Å²) >= 11 is 3.28. The summed E-state index contributed by atoms with van der Waals surface area (Å²) < 4.78 is 30.9. The first kappa shape index (κ1) is 13.1. The monoisotopic (exact) mass is 358 g/mol. The molecule has 3 amide bonds. The first-order valence-electron chi connectivity index (χ1n) is 5.44. The third-order valence-corrected chi connectivity index (χ3v) is 5.07. The van der Waals surface area contributed by atoms with Gasteiger partial charge in [0.2, 0.25) is 11.0 Å². The van der Waals surface area contributed by atoms with Gasteiger partial charge in [0.1, 0.15) is 12.1 Å². The third kappa shape index (κ3) is 1.90. The van der Waals surface area contributed by atoms with Gasteiger partial charge >= 0.3 is 16.1 Å². The molecule has 1 fully saturated rings. The Kier molecular flexibility index (Phi) is 2.83. The van der Waals surface area contributed by atoms with E-state index in [4.69, 9.17) is 4.42 Å². The quantitative estimate of drug-likeness (QED) is 0.819. The SMILES string of the molecule is O=C1CN(S(=O)(=O)c2cc3c(Br)cccc3o2)C(=O)N1. The minimum Gasteiger partial charge on any atom is -0.443 e. The number of sulfonamides is 1. The van der Waals surface area contributed by atoms with Crippen molar-refractivity contribution in [2.75, 3.05) is 6.54 Å². The Morgan fingerprint density at radius 3 is 2.65 bits per heavy atom. The zero-order valence-electron chi connectivity index (χ0n) is 9.79. The Morgan fingerprint density at radius 2 is 2.05 bits per heavy atom. The molecule has 1 aliphatic rings. The fraction of sp³-hybridized carbons (Fsp3) is 0.0909. The minimum atomic E-state index is -4.19. The molecule has 20 heavy (non-hydrogen) atoms. The number of nitrogens with zero attached hydrogens (tertiary/aromatic N) is 1. The van der Waals surface area contributed by atoms with E-state index in [0.717, 1.165) is 0 Å². The van der Waals surface area contributed by atoms with Gasteiger partial charge in [-0.3, -0.25) is 10.1 Å². The molecule has 104 valence electrons. The van der Waals surface area contributed by atoms with Crippen LogP contribution in [0.4, 0.5) is 4.79 Å². The number of rotatable bonds is 2. The maximum Gasteiger partial charge on any atom is 0.338 e. The van der Waals surface area contributed by atoms with E-state index in [-0.39, 0.29) is 5.09 Å². The highest BCUT2D eigenvalue weighted by molar-refractivity contribution is 9.10. The van der Waals surface area contributed by atoms with E-state index in [2.05, 4.69) is 15.9 Å². The van der Waals surface area contributed by atoms with E-state index < -0.39 is 28.5 Å². The van der Waals surface area contributed by atoms with Gasteiger partial charge < -0.3 is 4.42 Å². The molecule has 0 saturated carbocycles. The molecule has 0 bridgehead atoms. The molecule has 1 aromatic carbocycles. The van der Waals surface area contributed by atoms with E-state index in [1.54, 1.807) is 18.2 Å². The maximum atomic E-state index is 12.3. The number of fused-ring (bicyclic) bond motifs is 1. The highest BCUT2D eigenvalue weighted by Crippen LogP contribution is 2.30. The second-order valence-corrected chi connectivity index (χ2v) is 6.73. The zero-order chi connectivity index (χ0) is 14.5. The number of urea groups is 1. The highest BCUT2D eigenvalue weighted by atomic mass is 79.9. The molecular weight excluding hydrogens is 352 g/mol. The van der Waals surface area contributed by atoms with Crippen molar-refractivity contribution in [2.45, 2.75) is 5.09 Å². The summed E-state index contributed by atoms with van der Waals surface area (Å²) in [6, 6.07) is 5.37. The Morgan fingerprint density at radius 1 is 1.30 bits per heavy atom. The predicted octanol–water partition coefficient (Wildman–Crippen LogP) is 1.44. The number of nitrogens with one attached hydrogen (secondary N) is 1. The number of imide groups is 1. The number of carbonyl (C=O) groups excluding carboxylic acids is 2. The van der Waals surface area contributed by atoms with Gasteiger partial charge in [-0.2, -0.15) is 8.42 Å². The molecule has 2 aromatic rings. The molecule has 9 heteroatoms. The number of hydrogen-bond acceptors (Lipinski definition) is 5. The van der Waals surface area contributed by atoms with Crippen LogP contribution in [0.2, 0.25) is 0 Å². The first-order chi connectivity index (χ1) is 9.39. The van der Waals surface area contributed by atoms with E-state index in [0.29, 0.717) is 19.7 Å². The first-order valence-corrected chi connectivity index (χ1v) is 7.67. The van der Waals surface area contributed by atoms with Crippen LogP contribution >= 0.6 is 15.9 Å². The average molecular weight is 359 g/mol. The average Bonchev–Trinajstić information content (AvgIpc) is 2.94. The van der Waals surface area contributed by atoms with E-state index in [1.165, 1.54) is 6.07 Å². The fourth-order valence-corrected chi connectivity index (χ4v) is 3.55. The minimum absolute atomic E-state index is 0.365. The smallest absolute Gasteiger partial charge is 0.338 e. The van der Waals surface area contributed by atoms with Crippen LogP contribution in [-0.2, 0) is 14.8 Å². The van der Waals surface area contributed by atoms with Gasteiger partial charge in [-0.05, 0) is 12.1 Å². The van der Waals surface area contributed by atoms with Crippen LogP contribution in [-0.4, -0.2) is 31.2 Å². The molecular formula is C11H7BrN2O5S. The summed E-state index contributed by atoms with van der Waals surface area (Å²) in [7, 11) is -4.19. The molecule has 7 nitrogen and oxygen atoms in total. The van der Waals surface area contributed by atoms with Gasteiger partial charge in [-0.25, -0.2) is 9.10 Å². The van der Waals surface area contributed by atoms with Gasteiger partial charge in [-0.15, -0.1) is 0 Å². The van der Waals surface area contributed by atoms with Gasteiger partial charge in [0.25, 0.3) is 0 Å². The second-order valence-electron chi connectivity index (χ2n) is 4.08. The Hall–Kier alpha value is -1.87. The molecule has 1 aromatic heterocycles. The van der Waals surface area contributed by atoms with Crippen LogP contribution in [0, 0.1) is 0 Å². The second kappa shape index (κ2) is 4.32. The van der Waals surface area contributed by atoms with Crippen molar-refractivity contribution in [1.29, 1.82) is 0 Å². The van der Waals surface area contributed by atoms with E-state index in [1.807, 2.05) is 5.32 Å². The highest BCUT2D eigenvalue weighted by Gasteiger charge is 2.39. The van der Waals surface area contributed by atoms with E-state index in [9.17, 15) is 18.0 Å².